The van der Waals surface area contributed by atoms with Crippen LogP contribution in [0.4, 0.5) is 23.7 Å². The van der Waals surface area contributed by atoms with E-state index in [1.54, 1.807) is 0 Å². The van der Waals surface area contributed by atoms with Gasteiger partial charge in [0.15, 0.2) is 17.5 Å². The number of ether oxygens (including phenoxy) is 1. The molecule has 0 saturated heterocycles. The standard InChI is InChI=1S/C16H22F3N3O3/c1-10(2)9-25-7-3-6-20-16(24)21-8-13(23)22-12-5-4-11(17)14(18)15(12)19/h4-5,10H,3,6-9H2,1-2H3,(H,22,23)(H2,20,21,24). The van der Waals surface area contributed by atoms with E-state index in [-0.39, 0.29) is 0 Å². The van der Waals surface area contributed by atoms with Crippen molar-refractivity contribution in [2.75, 3.05) is 31.6 Å². The fourth-order valence-electron chi connectivity index (χ4n) is 1.74. The number of anilines is 1. The van der Waals surface area contributed by atoms with Crippen LogP contribution in [0.5, 0.6) is 0 Å². The highest BCUT2D eigenvalue weighted by Gasteiger charge is 2.15. The number of amides is 3. The van der Waals surface area contributed by atoms with Crippen LogP contribution in [0.2, 0.25) is 0 Å². The lowest BCUT2D eigenvalue weighted by atomic mass is 10.2. The van der Waals surface area contributed by atoms with Crippen LogP contribution in [0.15, 0.2) is 12.1 Å². The summed E-state index contributed by atoms with van der Waals surface area (Å²) in [6, 6.07) is 1.00. The van der Waals surface area contributed by atoms with Crippen LogP contribution in [0, 0.1) is 23.4 Å². The minimum absolute atomic E-state index is 0.364. The molecule has 0 unspecified atom stereocenters. The number of benzene rings is 1. The van der Waals surface area contributed by atoms with E-state index >= 15 is 0 Å². The number of urea groups is 1. The molecule has 140 valence electrons. The molecule has 0 radical (unpaired) electrons. The van der Waals surface area contributed by atoms with Gasteiger partial charge in [0.1, 0.15) is 0 Å². The Labute approximate surface area is 144 Å². The Bertz CT molecular complexity index is 597. The van der Waals surface area contributed by atoms with Gasteiger partial charge in [-0.2, -0.15) is 0 Å². The largest absolute Gasteiger partial charge is 0.381 e. The molecule has 0 spiro atoms. The van der Waals surface area contributed by atoms with Crippen LogP contribution < -0.4 is 16.0 Å². The molecule has 0 aliphatic heterocycles. The number of hydrogen-bond acceptors (Lipinski definition) is 3. The van der Waals surface area contributed by atoms with Crippen molar-refractivity contribution in [1.29, 1.82) is 0 Å². The van der Waals surface area contributed by atoms with Gasteiger partial charge in [-0.1, -0.05) is 13.8 Å². The zero-order chi connectivity index (χ0) is 18.8. The predicted molar refractivity (Wildman–Crippen MR) is 86.6 cm³/mol. The summed E-state index contributed by atoms with van der Waals surface area (Å²) < 4.78 is 44.6. The SMILES string of the molecule is CC(C)COCCCNC(=O)NCC(=O)Nc1ccc(F)c(F)c1F. The van der Waals surface area contributed by atoms with Gasteiger partial charge in [0, 0.05) is 19.8 Å². The zero-order valence-electron chi connectivity index (χ0n) is 14.1. The molecule has 1 aromatic rings. The Kier molecular flexibility index (Phi) is 8.76. The van der Waals surface area contributed by atoms with Crippen molar-refractivity contribution in [3.63, 3.8) is 0 Å². The maximum Gasteiger partial charge on any atom is 0.315 e. The lowest BCUT2D eigenvalue weighted by Gasteiger charge is -2.10. The zero-order valence-corrected chi connectivity index (χ0v) is 14.1. The van der Waals surface area contributed by atoms with Gasteiger partial charge in [-0.25, -0.2) is 18.0 Å². The molecule has 0 bridgehead atoms. The number of nitrogens with one attached hydrogen (secondary N) is 3. The second-order valence-electron chi connectivity index (χ2n) is 5.70. The summed E-state index contributed by atoms with van der Waals surface area (Å²) in [4.78, 5) is 23.1. The Morgan fingerprint density at radius 1 is 1.12 bits per heavy atom. The third-order valence-corrected chi connectivity index (χ3v) is 2.92. The minimum atomic E-state index is -1.68. The van der Waals surface area contributed by atoms with Crippen molar-refractivity contribution in [1.82, 2.24) is 10.6 Å². The number of halogens is 3. The third-order valence-electron chi connectivity index (χ3n) is 2.92. The molecule has 0 aliphatic rings. The highest BCUT2D eigenvalue weighted by atomic mass is 19.2. The molecule has 0 aromatic heterocycles. The first-order chi connectivity index (χ1) is 11.8. The maximum atomic E-state index is 13.4. The molecule has 6 nitrogen and oxygen atoms in total. The Morgan fingerprint density at radius 3 is 2.52 bits per heavy atom. The lowest BCUT2D eigenvalue weighted by molar-refractivity contribution is -0.115. The van der Waals surface area contributed by atoms with Gasteiger partial charge in [0.25, 0.3) is 0 Å². The highest BCUT2D eigenvalue weighted by molar-refractivity contribution is 5.94. The van der Waals surface area contributed by atoms with E-state index in [4.69, 9.17) is 4.74 Å². The summed E-state index contributed by atoms with van der Waals surface area (Å²) >= 11 is 0. The first-order valence-electron chi connectivity index (χ1n) is 7.84. The first kappa shape index (κ1) is 20.8. The molecule has 0 heterocycles. The van der Waals surface area contributed by atoms with Gasteiger partial charge in [-0.15, -0.1) is 0 Å². The smallest absolute Gasteiger partial charge is 0.315 e. The molecule has 0 atom stereocenters. The van der Waals surface area contributed by atoms with Crippen molar-refractivity contribution < 1.29 is 27.5 Å². The maximum absolute atomic E-state index is 13.4. The second kappa shape index (κ2) is 10.5. The Morgan fingerprint density at radius 2 is 1.84 bits per heavy atom. The van der Waals surface area contributed by atoms with Crippen molar-refractivity contribution in [2.24, 2.45) is 5.92 Å². The summed E-state index contributed by atoms with van der Waals surface area (Å²) in [6.45, 7) is 5.13. The van der Waals surface area contributed by atoms with E-state index in [9.17, 15) is 22.8 Å². The average Bonchev–Trinajstić information content (AvgIpc) is 2.56. The molecule has 0 fully saturated rings. The second-order valence-corrected chi connectivity index (χ2v) is 5.70. The summed E-state index contributed by atoms with van der Waals surface area (Å²) in [7, 11) is 0. The summed E-state index contributed by atoms with van der Waals surface area (Å²) in [6.07, 6.45) is 0.617. The fraction of sp³-hybridized carbons (Fsp3) is 0.500. The summed E-state index contributed by atoms with van der Waals surface area (Å²) in [5.41, 5.74) is -0.506. The molecule has 1 rings (SSSR count). The Balaban J connectivity index is 2.23. The Hall–Kier alpha value is -2.29. The minimum Gasteiger partial charge on any atom is -0.381 e. The fourth-order valence-corrected chi connectivity index (χ4v) is 1.74. The number of carbonyl (C=O) groups excluding carboxylic acids is 2. The van der Waals surface area contributed by atoms with Crippen LogP contribution >= 0.6 is 0 Å². The average molecular weight is 361 g/mol. The van der Waals surface area contributed by atoms with E-state index in [0.29, 0.717) is 38.2 Å². The molecule has 3 amide bonds. The molecular formula is C16H22F3N3O3. The van der Waals surface area contributed by atoms with Crippen LogP contribution in [0.3, 0.4) is 0 Å². The van der Waals surface area contributed by atoms with Gasteiger partial charge in [0.2, 0.25) is 5.91 Å². The van der Waals surface area contributed by atoms with Crippen molar-refractivity contribution >= 4 is 17.6 Å². The van der Waals surface area contributed by atoms with Crippen molar-refractivity contribution in [2.45, 2.75) is 20.3 Å². The van der Waals surface area contributed by atoms with E-state index in [2.05, 4.69) is 10.6 Å². The summed E-state index contributed by atoms with van der Waals surface area (Å²) in [5, 5.41) is 6.83. The van der Waals surface area contributed by atoms with E-state index in [0.717, 1.165) is 6.07 Å². The number of hydrogen-bond donors (Lipinski definition) is 3. The van der Waals surface area contributed by atoms with Gasteiger partial charge in [-0.3, -0.25) is 4.79 Å². The van der Waals surface area contributed by atoms with Crippen LogP contribution in [0.25, 0.3) is 0 Å². The predicted octanol–water partition coefficient (Wildman–Crippen LogP) is 2.40. The molecule has 1 aromatic carbocycles. The van der Waals surface area contributed by atoms with Gasteiger partial charge >= 0.3 is 6.03 Å². The molecule has 3 N–H and O–H groups in total. The lowest BCUT2D eigenvalue weighted by Crippen LogP contribution is -2.40. The van der Waals surface area contributed by atoms with Gasteiger partial charge in [-0.05, 0) is 24.5 Å². The van der Waals surface area contributed by atoms with Gasteiger partial charge in [0.05, 0.1) is 12.2 Å². The van der Waals surface area contributed by atoms with E-state index < -0.39 is 41.6 Å². The molecular weight excluding hydrogens is 339 g/mol. The first-order valence-corrected chi connectivity index (χ1v) is 7.84. The van der Waals surface area contributed by atoms with E-state index in [1.807, 2.05) is 19.2 Å². The van der Waals surface area contributed by atoms with Crippen molar-refractivity contribution in [3.8, 4) is 0 Å². The normalized spacial score (nSPS) is 10.6. The van der Waals surface area contributed by atoms with Crippen LogP contribution in [-0.2, 0) is 9.53 Å². The monoisotopic (exact) mass is 361 g/mol. The molecule has 0 aliphatic carbocycles. The molecule has 0 saturated carbocycles. The van der Waals surface area contributed by atoms with Gasteiger partial charge < -0.3 is 20.7 Å². The number of carbonyl (C=O) groups is 2. The van der Waals surface area contributed by atoms with Crippen molar-refractivity contribution in [3.05, 3.63) is 29.6 Å². The number of rotatable bonds is 9. The molecule has 9 heteroatoms. The highest BCUT2D eigenvalue weighted by Crippen LogP contribution is 2.19. The third kappa shape index (κ3) is 7.88. The molecule has 25 heavy (non-hydrogen) atoms. The quantitative estimate of drug-likeness (QED) is 0.467. The van der Waals surface area contributed by atoms with Crippen LogP contribution in [-0.4, -0.2) is 38.2 Å². The van der Waals surface area contributed by atoms with E-state index in [1.165, 1.54) is 0 Å². The van der Waals surface area contributed by atoms with Crippen LogP contribution in [0.1, 0.15) is 20.3 Å². The summed E-state index contributed by atoms with van der Waals surface area (Å²) in [5.74, 6) is -4.87. The topological polar surface area (TPSA) is 79.5 Å².